The van der Waals surface area contributed by atoms with Crippen molar-refractivity contribution in [2.24, 2.45) is 0 Å². The van der Waals surface area contributed by atoms with Crippen LogP contribution in [-0.2, 0) is 11.2 Å². The van der Waals surface area contributed by atoms with Crippen LogP contribution in [0.4, 0.5) is 5.69 Å². The van der Waals surface area contributed by atoms with Crippen LogP contribution in [0.2, 0.25) is 0 Å². The van der Waals surface area contributed by atoms with Gasteiger partial charge in [-0.05, 0) is 18.1 Å². The van der Waals surface area contributed by atoms with Gasteiger partial charge >= 0.3 is 0 Å². The second-order valence-corrected chi connectivity index (χ2v) is 5.63. The van der Waals surface area contributed by atoms with Crippen molar-refractivity contribution in [2.75, 3.05) is 11.4 Å². The Balaban J connectivity index is 1.91. The first-order chi connectivity index (χ1) is 8.24. The van der Waals surface area contributed by atoms with Gasteiger partial charge in [0.25, 0.3) is 5.91 Å². The van der Waals surface area contributed by atoms with Crippen LogP contribution in [-0.4, -0.2) is 16.8 Å². The zero-order chi connectivity index (χ0) is 11.8. The molecule has 2 aliphatic rings. The van der Waals surface area contributed by atoms with Gasteiger partial charge in [-0.25, -0.2) is 0 Å². The van der Waals surface area contributed by atoms with Crippen molar-refractivity contribution < 1.29 is 4.79 Å². The number of rotatable bonds is 1. The van der Waals surface area contributed by atoms with Crippen molar-refractivity contribution in [1.82, 2.24) is 5.32 Å². The maximum Gasteiger partial charge on any atom is 0.265 e. The van der Waals surface area contributed by atoms with Crippen LogP contribution in [0.5, 0.6) is 0 Å². The Morgan fingerprint density at radius 1 is 1.41 bits per heavy atom. The quantitative estimate of drug-likeness (QED) is 0.620. The van der Waals surface area contributed by atoms with Crippen molar-refractivity contribution >= 4 is 39.9 Å². The van der Waals surface area contributed by atoms with E-state index in [1.807, 2.05) is 18.3 Å². The lowest BCUT2D eigenvalue weighted by Crippen LogP contribution is -2.19. The average Bonchev–Trinajstić information content (AvgIpc) is 2.85. The van der Waals surface area contributed by atoms with Crippen LogP contribution < -0.4 is 10.2 Å². The smallest absolute Gasteiger partial charge is 0.265 e. The Morgan fingerprint density at radius 2 is 2.24 bits per heavy atom. The van der Waals surface area contributed by atoms with E-state index in [9.17, 15) is 4.79 Å². The summed E-state index contributed by atoms with van der Waals surface area (Å²) in [6.07, 6.45) is 2.92. The van der Waals surface area contributed by atoms with Gasteiger partial charge in [-0.15, -0.1) is 0 Å². The molecule has 1 fully saturated rings. The number of hydrogen-bond donors (Lipinski definition) is 1. The molecule has 1 aromatic carbocycles. The van der Waals surface area contributed by atoms with Gasteiger partial charge in [0.2, 0.25) is 0 Å². The molecule has 1 aromatic rings. The number of fused-ring (bicyclic) bond motifs is 1. The Kier molecular flexibility index (Phi) is 2.64. The molecule has 3 nitrogen and oxygen atoms in total. The molecule has 0 radical (unpaired) electrons. The molecular weight excluding hydrogens is 252 g/mol. The molecule has 3 rings (SSSR count). The summed E-state index contributed by atoms with van der Waals surface area (Å²) < 4.78 is 0.536. The number of nitrogens with zero attached hydrogens (tertiary/aromatic N) is 1. The van der Waals surface area contributed by atoms with Gasteiger partial charge < -0.3 is 10.2 Å². The Bertz CT molecular complexity index is 539. The number of anilines is 1. The maximum atomic E-state index is 11.6. The first-order valence-corrected chi connectivity index (χ1v) is 6.56. The number of benzene rings is 1. The largest absolute Gasteiger partial charge is 0.346 e. The predicted octanol–water partition coefficient (Wildman–Crippen LogP) is 2.04. The van der Waals surface area contributed by atoms with E-state index in [1.54, 1.807) is 0 Å². The molecule has 0 spiro atoms. The molecule has 0 aliphatic carbocycles. The highest BCUT2D eigenvalue weighted by atomic mass is 32.2. The van der Waals surface area contributed by atoms with Crippen molar-refractivity contribution in [3.63, 3.8) is 0 Å². The molecule has 0 saturated carbocycles. The van der Waals surface area contributed by atoms with Crippen molar-refractivity contribution in [1.29, 1.82) is 0 Å². The number of thioether (sulfide) groups is 1. The first-order valence-electron chi connectivity index (χ1n) is 5.33. The minimum absolute atomic E-state index is 0.0932. The molecule has 0 aromatic heterocycles. The Hall–Kier alpha value is -1.33. The lowest BCUT2D eigenvalue weighted by Gasteiger charge is -2.14. The minimum atomic E-state index is -0.0932. The summed E-state index contributed by atoms with van der Waals surface area (Å²) in [7, 11) is 0. The standard InChI is InChI=1S/C12H10N2OS2/c15-11-10(17-12(16)13-11)7-14-6-5-8-3-1-2-4-9(8)14/h1-4,7H,5-6H2,(H,13,15,16). The third kappa shape index (κ3) is 1.96. The van der Waals surface area contributed by atoms with Crippen molar-refractivity contribution in [3.05, 3.63) is 40.9 Å². The van der Waals surface area contributed by atoms with Crippen LogP contribution in [0.15, 0.2) is 35.4 Å². The molecule has 0 bridgehead atoms. The van der Waals surface area contributed by atoms with Crippen LogP contribution in [0.1, 0.15) is 5.56 Å². The fourth-order valence-electron chi connectivity index (χ4n) is 2.05. The maximum absolute atomic E-state index is 11.6. The van der Waals surface area contributed by atoms with E-state index in [1.165, 1.54) is 23.0 Å². The SMILES string of the molecule is O=C1NC(=S)SC1=CN1CCc2ccccc21. The van der Waals surface area contributed by atoms with Crippen LogP contribution in [0.25, 0.3) is 0 Å². The molecule has 2 heterocycles. The summed E-state index contributed by atoms with van der Waals surface area (Å²) in [4.78, 5) is 14.4. The number of nitrogens with one attached hydrogen (secondary N) is 1. The van der Waals surface area contributed by atoms with E-state index in [-0.39, 0.29) is 5.91 Å². The van der Waals surface area contributed by atoms with Crippen LogP contribution >= 0.6 is 24.0 Å². The van der Waals surface area contributed by atoms with E-state index in [4.69, 9.17) is 12.2 Å². The van der Waals surface area contributed by atoms with Gasteiger partial charge in [-0.1, -0.05) is 42.2 Å². The molecule has 17 heavy (non-hydrogen) atoms. The number of hydrogen-bond acceptors (Lipinski definition) is 4. The fraction of sp³-hybridized carbons (Fsp3) is 0.167. The van der Waals surface area contributed by atoms with Gasteiger partial charge in [-0.3, -0.25) is 4.79 Å². The number of para-hydroxylation sites is 1. The number of amides is 1. The van der Waals surface area contributed by atoms with E-state index < -0.39 is 0 Å². The molecule has 0 unspecified atom stereocenters. The summed E-state index contributed by atoms with van der Waals surface area (Å²) in [6, 6.07) is 8.26. The molecule has 1 amide bonds. The van der Waals surface area contributed by atoms with Gasteiger partial charge in [0.15, 0.2) is 0 Å². The Morgan fingerprint density at radius 3 is 3.00 bits per heavy atom. The van der Waals surface area contributed by atoms with Gasteiger partial charge in [-0.2, -0.15) is 0 Å². The summed E-state index contributed by atoms with van der Waals surface area (Å²) in [5.74, 6) is -0.0932. The van der Waals surface area contributed by atoms with Crippen molar-refractivity contribution in [3.8, 4) is 0 Å². The third-order valence-corrected chi connectivity index (χ3v) is 3.99. The zero-order valence-corrected chi connectivity index (χ0v) is 10.6. The van der Waals surface area contributed by atoms with E-state index in [2.05, 4.69) is 22.3 Å². The molecule has 2 aliphatic heterocycles. The topological polar surface area (TPSA) is 32.3 Å². The van der Waals surface area contributed by atoms with E-state index >= 15 is 0 Å². The minimum Gasteiger partial charge on any atom is -0.346 e. The molecule has 1 N–H and O–H groups in total. The zero-order valence-electron chi connectivity index (χ0n) is 8.97. The number of thiocarbonyl (C=S) groups is 1. The highest BCUT2D eigenvalue weighted by molar-refractivity contribution is 8.26. The second-order valence-electron chi connectivity index (χ2n) is 3.91. The molecule has 1 saturated heterocycles. The normalized spacial score (nSPS) is 20.9. The van der Waals surface area contributed by atoms with Gasteiger partial charge in [0.1, 0.15) is 4.32 Å². The van der Waals surface area contributed by atoms with Crippen LogP contribution in [0.3, 0.4) is 0 Å². The lowest BCUT2D eigenvalue weighted by molar-refractivity contribution is -0.115. The summed E-state index contributed by atoms with van der Waals surface area (Å²) in [5, 5.41) is 2.63. The number of carbonyl (C=O) groups excluding carboxylic acids is 1. The lowest BCUT2D eigenvalue weighted by atomic mass is 10.2. The molecule has 86 valence electrons. The molecule has 5 heteroatoms. The third-order valence-electron chi connectivity index (χ3n) is 2.84. The Labute approximate surface area is 109 Å². The van der Waals surface area contributed by atoms with E-state index in [0.717, 1.165) is 13.0 Å². The monoisotopic (exact) mass is 262 g/mol. The predicted molar refractivity (Wildman–Crippen MR) is 73.9 cm³/mol. The number of carbonyl (C=O) groups is 1. The summed E-state index contributed by atoms with van der Waals surface area (Å²) in [6.45, 7) is 0.920. The average molecular weight is 262 g/mol. The summed E-state index contributed by atoms with van der Waals surface area (Å²) in [5.41, 5.74) is 2.52. The highest BCUT2D eigenvalue weighted by Crippen LogP contribution is 2.31. The van der Waals surface area contributed by atoms with E-state index in [0.29, 0.717) is 9.23 Å². The molecular formula is C12H10N2OS2. The first kappa shape index (κ1) is 10.8. The fourth-order valence-corrected chi connectivity index (χ4v) is 3.08. The molecule has 0 atom stereocenters. The van der Waals surface area contributed by atoms with Crippen LogP contribution in [0, 0.1) is 0 Å². The summed E-state index contributed by atoms with van der Waals surface area (Å²) >= 11 is 6.29. The second kappa shape index (κ2) is 4.16. The van der Waals surface area contributed by atoms with Gasteiger partial charge in [0.05, 0.1) is 4.91 Å². The highest BCUT2D eigenvalue weighted by Gasteiger charge is 2.25. The van der Waals surface area contributed by atoms with Crippen molar-refractivity contribution in [2.45, 2.75) is 6.42 Å². The van der Waals surface area contributed by atoms with Gasteiger partial charge in [0, 0.05) is 18.4 Å².